The predicted octanol–water partition coefficient (Wildman–Crippen LogP) is 0.632. The number of aryl methyl sites for hydroxylation is 2. The van der Waals surface area contributed by atoms with Gasteiger partial charge in [0.15, 0.2) is 9.84 Å². The minimum Gasteiger partial charge on any atom is -0.352 e. The van der Waals surface area contributed by atoms with E-state index in [0.29, 0.717) is 6.54 Å². The van der Waals surface area contributed by atoms with E-state index in [-0.39, 0.29) is 23.6 Å². The Hall–Kier alpha value is -1.08. The van der Waals surface area contributed by atoms with Crippen LogP contribution in [0.15, 0.2) is 0 Å². The monoisotopic (exact) mass is 314 g/mol. The fourth-order valence-corrected chi connectivity index (χ4v) is 4.56. The number of hydrogen-bond donors (Lipinski definition) is 1. The Balaban J connectivity index is 2.35. The van der Waals surface area contributed by atoms with E-state index in [1.807, 2.05) is 25.6 Å². The van der Waals surface area contributed by atoms with Crippen LogP contribution < -0.4 is 10.6 Å². The summed E-state index contributed by atoms with van der Waals surface area (Å²) < 4.78 is 25.4. The van der Waals surface area contributed by atoms with Gasteiger partial charge in [-0.3, -0.25) is 4.68 Å². The number of nitrogens with two attached hydrogens (primary N) is 1. The average molecular weight is 314 g/mol. The number of hydrogen-bond acceptors (Lipinski definition) is 5. The fraction of sp³-hybridized carbons (Fsp3) is 0.786. The van der Waals surface area contributed by atoms with Crippen molar-refractivity contribution in [1.29, 1.82) is 0 Å². The molecule has 0 bridgehead atoms. The standard InChI is InChI=1S/C14H26N4O2S/c1-5-12(15)8-13-11(3)16-17(4)14(13)18-6-7-21(19,20)9-10(18)2/h10,12H,5-9,15H2,1-4H3. The zero-order valence-corrected chi connectivity index (χ0v) is 14.2. The molecule has 1 aliphatic rings. The molecule has 1 aliphatic heterocycles. The van der Waals surface area contributed by atoms with Gasteiger partial charge in [-0.2, -0.15) is 5.10 Å². The Morgan fingerprint density at radius 2 is 2.14 bits per heavy atom. The summed E-state index contributed by atoms with van der Waals surface area (Å²) in [4.78, 5) is 2.17. The van der Waals surface area contributed by atoms with Gasteiger partial charge in [0.05, 0.1) is 17.2 Å². The van der Waals surface area contributed by atoms with Gasteiger partial charge in [-0.05, 0) is 26.7 Å². The van der Waals surface area contributed by atoms with Gasteiger partial charge in [-0.15, -0.1) is 0 Å². The fourth-order valence-electron chi connectivity index (χ4n) is 3.01. The van der Waals surface area contributed by atoms with Crippen LogP contribution in [0, 0.1) is 6.92 Å². The zero-order valence-electron chi connectivity index (χ0n) is 13.3. The highest BCUT2D eigenvalue weighted by Gasteiger charge is 2.32. The Kier molecular flexibility index (Phi) is 4.63. The molecular formula is C14H26N4O2S. The Bertz CT molecular complexity index is 609. The quantitative estimate of drug-likeness (QED) is 0.881. The average Bonchev–Trinajstić information content (AvgIpc) is 2.64. The Morgan fingerprint density at radius 3 is 2.71 bits per heavy atom. The topological polar surface area (TPSA) is 81.2 Å². The predicted molar refractivity (Wildman–Crippen MR) is 85.4 cm³/mol. The number of aromatic nitrogens is 2. The second kappa shape index (κ2) is 5.96. The number of rotatable bonds is 4. The molecular weight excluding hydrogens is 288 g/mol. The number of anilines is 1. The van der Waals surface area contributed by atoms with Crippen molar-refractivity contribution in [1.82, 2.24) is 9.78 Å². The van der Waals surface area contributed by atoms with Crippen LogP contribution in [-0.2, 0) is 23.3 Å². The second-order valence-electron chi connectivity index (χ2n) is 6.04. The van der Waals surface area contributed by atoms with Crippen molar-refractivity contribution in [2.45, 2.75) is 45.7 Å². The summed E-state index contributed by atoms with van der Waals surface area (Å²) in [5.41, 5.74) is 8.24. The molecule has 2 heterocycles. The third kappa shape index (κ3) is 3.40. The molecule has 2 N–H and O–H groups in total. The lowest BCUT2D eigenvalue weighted by molar-refractivity contribution is 0.559. The van der Waals surface area contributed by atoms with E-state index >= 15 is 0 Å². The van der Waals surface area contributed by atoms with Crippen LogP contribution in [0.25, 0.3) is 0 Å². The van der Waals surface area contributed by atoms with Gasteiger partial charge in [0.1, 0.15) is 5.82 Å². The minimum absolute atomic E-state index is 0.0323. The first-order valence-corrected chi connectivity index (χ1v) is 9.32. The smallest absolute Gasteiger partial charge is 0.154 e. The van der Waals surface area contributed by atoms with Gasteiger partial charge in [0.25, 0.3) is 0 Å². The van der Waals surface area contributed by atoms with E-state index in [9.17, 15) is 8.42 Å². The lowest BCUT2D eigenvalue weighted by Crippen LogP contribution is -2.48. The molecule has 1 saturated heterocycles. The highest BCUT2D eigenvalue weighted by molar-refractivity contribution is 7.91. The van der Waals surface area contributed by atoms with Gasteiger partial charge < -0.3 is 10.6 Å². The maximum atomic E-state index is 11.8. The highest BCUT2D eigenvalue weighted by Crippen LogP contribution is 2.28. The molecule has 2 unspecified atom stereocenters. The molecule has 6 nitrogen and oxygen atoms in total. The van der Waals surface area contributed by atoms with Crippen molar-refractivity contribution < 1.29 is 8.42 Å². The summed E-state index contributed by atoms with van der Waals surface area (Å²) in [6, 6.07) is 0.0747. The maximum absolute atomic E-state index is 11.8. The molecule has 1 aromatic heterocycles. The maximum Gasteiger partial charge on any atom is 0.154 e. The lowest BCUT2D eigenvalue weighted by Gasteiger charge is -2.35. The van der Waals surface area contributed by atoms with Gasteiger partial charge in [-0.1, -0.05) is 6.92 Å². The zero-order chi connectivity index (χ0) is 15.8. The van der Waals surface area contributed by atoms with Gasteiger partial charge in [0.2, 0.25) is 0 Å². The van der Waals surface area contributed by atoms with Crippen LogP contribution in [0.1, 0.15) is 31.5 Å². The van der Waals surface area contributed by atoms with Crippen molar-refractivity contribution >= 4 is 15.7 Å². The molecule has 0 radical (unpaired) electrons. The summed E-state index contributed by atoms with van der Waals surface area (Å²) >= 11 is 0. The van der Waals surface area contributed by atoms with E-state index in [1.165, 1.54) is 0 Å². The third-order valence-corrected chi connectivity index (χ3v) is 6.04. The third-order valence-electron chi connectivity index (χ3n) is 4.25. The van der Waals surface area contributed by atoms with E-state index in [4.69, 9.17) is 5.73 Å². The summed E-state index contributed by atoms with van der Waals surface area (Å²) in [7, 11) is -1.000. The molecule has 2 rings (SSSR count). The summed E-state index contributed by atoms with van der Waals surface area (Å²) in [6.45, 7) is 6.55. The van der Waals surface area contributed by atoms with Crippen LogP contribution in [0.2, 0.25) is 0 Å². The number of sulfone groups is 1. The van der Waals surface area contributed by atoms with Crippen molar-refractivity contribution in [3.63, 3.8) is 0 Å². The number of nitrogens with zero attached hydrogens (tertiary/aromatic N) is 3. The van der Waals surface area contributed by atoms with E-state index < -0.39 is 9.84 Å². The molecule has 2 atom stereocenters. The molecule has 1 fully saturated rings. The van der Waals surface area contributed by atoms with E-state index in [1.54, 1.807) is 0 Å². The summed E-state index contributed by atoms with van der Waals surface area (Å²) in [5, 5.41) is 4.51. The summed E-state index contributed by atoms with van der Waals surface area (Å²) in [6.07, 6.45) is 1.69. The van der Waals surface area contributed by atoms with Gasteiger partial charge in [0, 0.05) is 31.2 Å². The molecule has 0 spiro atoms. The molecule has 0 aromatic carbocycles. The lowest BCUT2D eigenvalue weighted by atomic mass is 10.0. The van der Waals surface area contributed by atoms with Crippen LogP contribution in [-0.4, -0.2) is 48.3 Å². The Morgan fingerprint density at radius 1 is 1.48 bits per heavy atom. The van der Waals surface area contributed by atoms with Crippen LogP contribution in [0.5, 0.6) is 0 Å². The van der Waals surface area contributed by atoms with E-state index in [2.05, 4.69) is 16.9 Å². The normalized spacial score (nSPS) is 23.3. The van der Waals surface area contributed by atoms with Crippen LogP contribution >= 0.6 is 0 Å². The summed E-state index contributed by atoms with van der Waals surface area (Å²) in [5.74, 6) is 1.44. The van der Waals surface area contributed by atoms with Crippen molar-refractivity contribution in [3.8, 4) is 0 Å². The molecule has 0 amide bonds. The highest BCUT2D eigenvalue weighted by atomic mass is 32.2. The van der Waals surface area contributed by atoms with Crippen molar-refractivity contribution in [3.05, 3.63) is 11.3 Å². The van der Waals surface area contributed by atoms with Crippen LogP contribution in [0.3, 0.4) is 0 Å². The second-order valence-corrected chi connectivity index (χ2v) is 8.27. The van der Waals surface area contributed by atoms with E-state index in [0.717, 1.165) is 29.9 Å². The molecule has 0 saturated carbocycles. The first-order valence-electron chi connectivity index (χ1n) is 7.50. The minimum atomic E-state index is -2.92. The molecule has 0 aliphatic carbocycles. The Labute approximate surface area is 127 Å². The largest absolute Gasteiger partial charge is 0.352 e. The molecule has 21 heavy (non-hydrogen) atoms. The first kappa shape index (κ1) is 16.3. The van der Waals surface area contributed by atoms with Gasteiger partial charge >= 0.3 is 0 Å². The van der Waals surface area contributed by atoms with Crippen molar-refractivity contribution in [2.75, 3.05) is 23.0 Å². The first-order chi connectivity index (χ1) is 9.75. The molecule has 7 heteroatoms. The van der Waals surface area contributed by atoms with Gasteiger partial charge in [-0.25, -0.2) is 8.42 Å². The van der Waals surface area contributed by atoms with Crippen LogP contribution in [0.4, 0.5) is 5.82 Å². The SMILES string of the molecule is CCC(N)Cc1c(C)nn(C)c1N1CCS(=O)(=O)CC1C. The molecule has 1 aromatic rings. The molecule has 120 valence electrons. The van der Waals surface area contributed by atoms with Crippen molar-refractivity contribution in [2.24, 2.45) is 12.8 Å².